The molecule has 1 fully saturated rings. The van der Waals surface area contributed by atoms with Crippen LogP contribution in [0.3, 0.4) is 0 Å². The van der Waals surface area contributed by atoms with Gasteiger partial charge in [0, 0.05) is 60.6 Å². The molecular weight excluding hydrogens is 586 g/mol. The molecule has 4 rings (SSSR count). The molecule has 0 spiro atoms. The van der Waals surface area contributed by atoms with Gasteiger partial charge < -0.3 is 37.1 Å². The molecule has 1 aromatic heterocycles. The summed E-state index contributed by atoms with van der Waals surface area (Å²) in [5.41, 5.74) is 15.3. The van der Waals surface area contributed by atoms with Gasteiger partial charge in [0.2, 0.25) is 5.91 Å². The Labute approximate surface area is 271 Å². The number of hydrogen-bond donors (Lipinski definition) is 5. The van der Waals surface area contributed by atoms with Crippen molar-refractivity contribution in [2.45, 2.75) is 40.0 Å². The first-order chi connectivity index (χ1) is 21.7. The Hall–Kier alpha value is -4.64. The van der Waals surface area contributed by atoms with Gasteiger partial charge in [0.25, 0.3) is 5.91 Å². The number of thioether (sulfide) groups is 1. The smallest absolute Gasteiger partial charge is 0.269 e. The Morgan fingerprint density at radius 2 is 1.93 bits per heavy atom. The highest BCUT2D eigenvalue weighted by Gasteiger charge is 2.29. The summed E-state index contributed by atoms with van der Waals surface area (Å²) >= 11 is 1.80. The number of anilines is 1. The van der Waals surface area contributed by atoms with Crippen molar-refractivity contribution >= 4 is 29.3 Å². The number of carbonyl (C=O) groups is 2. The lowest BCUT2D eigenvalue weighted by molar-refractivity contribution is -0.121. The normalized spacial score (nSPS) is 14.2. The highest BCUT2D eigenvalue weighted by molar-refractivity contribution is 8.05. The molecule has 0 bridgehead atoms. The molecule has 1 saturated carbocycles. The molecule has 0 radical (unpaired) electrons. The lowest BCUT2D eigenvalue weighted by Gasteiger charge is -2.17. The van der Waals surface area contributed by atoms with Gasteiger partial charge in [-0.25, -0.2) is 0 Å². The Kier molecular flexibility index (Phi) is 15.3. The summed E-state index contributed by atoms with van der Waals surface area (Å²) in [6.45, 7) is 10.6. The summed E-state index contributed by atoms with van der Waals surface area (Å²) in [4.78, 5) is 32.1. The number of nitrogens with two attached hydrogens (primary N) is 2. The van der Waals surface area contributed by atoms with Gasteiger partial charge in [-0.3, -0.25) is 14.6 Å². The second-order valence-electron chi connectivity index (χ2n) is 9.96. The van der Waals surface area contributed by atoms with Gasteiger partial charge in [-0.15, -0.1) is 11.8 Å². The van der Waals surface area contributed by atoms with E-state index in [0.717, 1.165) is 42.6 Å². The molecule has 2 aliphatic rings. The molecule has 11 heteroatoms. The van der Waals surface area contributed by atoms with E-state index in [-0.39, 0.29) is 29.0 Å². The quantitative estimate of drug-likeness (QED) is 0.163. The molecule has 7 N–H and O–H groups in total. The maximum Gasteiger partial charge on any atom is 0.269 e. The minimum Gasteiger partial charge on any atom is -0.494 e. The third kappa shape index (κ3) is 11.8. The average Bonchev–Trinajstić information content (AvgIpc) is 3.92. The SMILES string of the molecule is C=CN(C)CC1=CCC=CS1.CC.CNC(=O)/C(N)=C(/C=C(\N)NC(=O)C1CC1)Nc1cccc(-c2ccc(C)nc2)c1OC. The van der Waals surface area contributed by atoms with Crippen LogP contribution in [0, 0.1) is 12.8 Å². The monoisotopic (exact) mass is 633 g/mol. The average molecular weight is 634 g/mol. The zero-order valence-corrected chi connectivity index (χ0v) is 28.0. The van der Waals surface area contributed by atoms with Gasteiger partial charge in [0.1, 0.15) is 17.3 Å². The molecule has 10 nitrogen and oxygen atoms in total. The number of nitrogens with one attached hydrogen (secondary N) is 3. The van der Waals surface area contributed by atoms with Crippen LogP contribution in [0.1, 0.15) is 38.8 Å². The minimum absolute atomic E-state index is 0.0153. The zero-order chi connectivity index (χ0) is 33.4. The van der Waals surface area contributed by atoms with E-state index in [1.165, 1.54) is 18.0 Å². The standard InChI is InChI=1S/C23H28N6O3.C9H13NS.C2H6/c1-13-7-8-15(12-27-13)16-5-4-6-17(21(16)32-3)28-18(20(25)23(31)26-2)11-19(24)29-22(30)14-9-10-14;1-3-10(2)8-9-6-4-5-7-11-9;1-2/h4-8,11-12,14,28H,9-10,24-25H2,1-3H3,(H,26,31)(H,29,30);3,5-7H,1,4,8H2,2H3;1-2H3/b19-11+,20-18+;;. The topological polar surface area (TPSA) is 148 Å². The first-order valence-corrected chi connectivity index (χ1v) is 15.7. The van der Waals surface area contributed by atoms with E-state index >= 15 is 0 Å². The van der Waals surface area contributed by atoms with Gasteiger partial charge in [-0.2, -0.15) is 0 Å². The molecule has 0 atom stereocenters. The van der Waals surface area contributed by atoms with E-state index in [1.54, 1.807) is 31.1 Å². The predicted molar refractivity (Wildman–Crippen MR) is 187 cm³/mol. The number of likely N-dealkylation sites (N-methyl/N-ethyl adjacent to an activating group) is 2. The first-order valence-electron chi connectivity index (χ1n) is 14.9. The number of hydrogen-bond acceptors (Lipinski definition) is 9. The second kappa shape index (κ2) is 18.9. The molecule has 45 heavy (non-hydrogen) atoms. The van der Waals surface area contributed by atoms with Crippen LogP contribution in [-0.2, 0) is 9.59 Å². The lowest BCUT2D eigenvalue weighted by atomic mass is 10.0. The number of para-hydroxylation sites is 1. The molecule has 2 aromatic rings. The summed E-state index contributed by atoms with van der Waals surface area (Å²) < 4.78 is 5.66. The third-order valence-corrected chi connectivity index (χ3v) is 7.43. The number of methoxy groups -OCH3 is 1. The van der Waals surface area contributed by atoms with E-state index in [4.69, 9.17) is 16.2 Å². The summed E-state index contributed by atoms with van der Waals surface area (Å²) in [6, 6.07) is 9.40. The lowest BCUT2D eigenvalue weighted by Crippen LogP contribution is -2.31. The molecular formula is C34H47N7O3S. The summed E-state index contributed by atoms with van der Waals surface area (Å²) in [5, 5.41) is 10.4. The van der Waals surface area contributed by atoms with Gasteiger partial charge >= 0.3 is 0 Å². The maximum atomic E-state index is 12.2. The van der Waals surface area contributed by atoms with E-state index < -0.39 is 5.91 Å². The third-order valence-electron chi connectivity index (χ3n) is 6.50. The van der Waals surface area contributed by atoms with Gasteiger partial charge in [-0.1, -0.05) is 50.8 Å². The largest absolute Gasteiger partial charge is 0.494 e. The van der Waals surface area contributed by atoms with Crippen molar-refractivity contribution < 1.29 is 14.3 Å². The fraction of sp³-hybridized carbons (Fsp3) is 0.324. The molecule has 0 unspecified atom stereocenters. The van der Waals surface area contributed by atoms with Crippen LogP contribution in [-0.4, -0.2) is 49.4 Å². The number of amides is 2. The van der Waals surface area contributed by atoms with Crippen LogP contribution in [0.5, 0.6) is 5.75 Å². The summed E-state index contributed by atoms with van der Waals surface area (Å²) in [5.74, 6) is -0.0482. The number of carbonyl (C=O) groups excluding carboxylic acids is 2. The predicted octanol–water partition coefficient (Wildman–Crippen LogP) is 5.34. The fourth-order valence-corrected chi connectivity index (χ4v) is 4.78. The number of nitrogens with zero attached hydrogens (tertiary/aromatic N) is 2. The van der Waals surface area contributed by atoms with Crippen LogP contribution in [0.25, 0.3) is 11.1 Å². The van der Waals surface area contributed by atoms with Gasteiger partial charge in [0.15, 0.2) is 0 Å². The van der Waals surface area contributed by atoms with Crippen LogP contribution in [0.2, 0.25) is 0 Å². The summed E-state index contributed by atoms with van der Waals surface area (Å²) in [7, 11) is 5.06. The van der Waals surface area contributed by atoms with E-state index in [0.29, 0.717) is 11.4 Å². The fourth-order valence-electron chi connectivity index (χ4n) is 3.93. The number of benzene rings is 1. The molecule has 1 aliphatic heterocycles. The van der Waals surface area contributed by atoms with Gasteiger partial charge in [-0.05, 0) is 49.9 Å². The Morgan fingerprint density at radius 3 is 2.49 bits per heavy atom. The summed E-state index contributed by atoms with van der Waals surface area (Å²) in [6.07, 6.45) is 12.2. The molecule has 1 aromatic carbocycles. The van der Waals surface area contributed by atoms with Crippen molar-refractivity contribution in [3.8, 4) is 16.9 Å². The van der Waals surface area contributed by atoms with Crippen LogP contribution in [0.4, 0.5) is 5.69 Å². The number of allylic oxidation sites excluding steroid dienone is 3. The second-order valence-corrected chi connectivity index (χ2v) is 11.0. The van der Waals surface area contributed by atoms with Crippen molar-refractivity contribution in [1.82, 2.24) is 20.5 Å². The highest BCUT2D eigenvalue weighted by Crippen LogP contribution is 2.37. The van der Waals surface area contributed by atoms with E-state index in [1.807, 2.05) is 58.3 Å². The number of rotatable bonds is 11. The van der Waals surface area contributed by atoms with E-state index in [2.05, 4.69) is 50.0 Å². The number of pyridine rings is 1. The maximum absolute atomic E-state index is 12.2. The molecule has 242 valence electrons. The highest BCUT2D eigenvalue weighted by atomic mass is 32.2. The molecule has 2 amide bonds. The first kappa shape index (κ1) is 36.6. The number of aryl methyl sites for hydroxylation is 1. The van der Waals surface area contributed by atoms with Crippen molar-refractivity contribution in [2.75, 3.05) is 33.1 Å². The van der Waals surface area contributed by atoms with E-state index in [9.17, 15) is 9.59 Å². The Balaban J connectivity index is 0.000000454. The Morgan fingerprint density at radius 1 is 1.20 bits per heavy atom. The zero-order valence-electron chi connectivity index (χ0n) is 27.1. The number of aromatic nitrogens is 1. The van der Waals surface area contributed by atoms with Crippen LogP contribution < -0.4 is 32.2 Å². The van der Waals surface area contributed by atoms with Crippen LogP contribution >= 0.6 is 11.8 Å². The molecule has 2 heterocycles. The van der Waals surface area contributed by atoms with Crippen molar-refractivity contribution in [1.29, 1.82) is 0 Å². The van der Waals surface area contributed by atoms with Gasteiger partial charge in [0.05, 0.1) is 18.5 Å². The minimum atomic E-state index is -0.497. The molecule has 0 saturated heterocycles. The van der Waals surface area contributed by atoms with Crippen LogP contribution in [0.15, 0.2) is 95.1 Å². The number of ether oxygens (including phenoxy) is 1. The van der Waals surface area contributed by atoms with Crippen molar-refractivity contribution in [3.05, 3.63) is 101 Å². The Bertz CT molecular complexity index is 1430. The van der Waals surface area contributed by atoms with Crippen molar-refractivity contribution in [3.63, 3.8) is 0 Å². The molecule has 1 aliphatic carbocycles. The van der Waals surface area contributed by atoms with Crippen molar-refractivity contribution in [2.24, 2.45) is 17.4 Å².